The molecule has 0 bridgehead atoms. The summed E-state index contributed by atoms with van der Waals surface area (Å²) < 4.78 is 4.01. The molecule has 0 saturated heterocycles. The Bertz CT molecular complexity index is 895. The first-order valence-corrected chi connectivity index (χ1v) is 8.02. The summed E-state index contributed by atoms with van der Waals surface area (Å²) in [4.78, 5) is 4.47. The lowest BCUT2D eigenvalue weighted by molar-refractivity contribution is 0.880. The van der Waals surface area contributed by atoms with Crippen LogP contribution in [0.4, 0.5) is 0 Å². The third-order valence-corrected chi connectivity index (χ3v) is 4.47. The van der Waals surface area contributed by atoms with Gasteiger partial charge in [-0.25, -0.2) is 9.67 Å². The van der Waals surface area contributed by atoms with Crippen molar-refractivity contribution in [2.24, 2.45) is 0 Å². The second-order valence-corrected chi connectivity index (χ2v) is 5.90. The summed E-state index contributed by atoms with van der Waals surface area (Å²) >= 11 is 1.72. The van der Waals surface area contributed by atoms with Gasteiger partial charge in [0.1, 0.15) is 0 Å². The fourth-order valence-corrected chi connectivity index (χ4v) is 3.21. The summed E-state index contributed by atoms with van der Waals surface area (Å²) in [5, 5.41) is 5.43. The maximum atomic E-state index is 4.47. The Hall–Kier alpha value is -2.53. The number of nitrogens with zero attached hydrogens (tertiary/aromatic N) is 4. The second-order valence-electron chi connectivity index (χ2n) is 4.95. The molecule has 0 unspecified atom stereocenters. The fraction of sp³-hybridized carbons (Fsp3) is 0.0588. The van der Waals surface area contributed by atoms with E-state index in [2.05, 4.69) is 26.7 Å². The summed E-state index contributed by atoms with van der Waals surface area (Å²) in [5.41, 5.74) is 3.37. The van der Waals surface area contributed by atoms with Crippen molar-refractivity contribution in [2.45, 2.75) is 10.9 Å². The number of para-hydroxylation sites is 1. The van der Waals surface area contributed by atoms with E-state index in [0.717, 1.165) is 22.1 Å². The van der Waals surface area contributed by atoms with Crippen LogP contribution in [0.3, 0.4) is 0 Å². The van der Waals surface area contributed by atoms with Gasteiger partial charge in [-0.05, 0) is 24.3 Å². The van der Waals surface area contributed by atoms with E-state index < -0.39 is 0 Å². The molecule has 0 aliphatic heterocycles. The monoisotopic (exact) mass is 306 g/mol. The molecule has 0 atom stereocenters. The van der Waals surface area contributed by atoms with Crippen LogP contribution in [0.15, 0.2) is 78.5 Å². The molecular formula is C17H14N4S. The van der Waals surface area contributed by atoms with Gasteiger partial charge in [0.15, 0.2) is 5.16 Å². The number of rotatable bonds is 4. The van der Waals surface area contributed by atoms with Crippen LogP contribution in [0.1, 0.15) is 5.56 Å². The average Bonchev–Trinajstić information content (AvgIpc) is 3.21. The molecule has 0 aliphatic carbocycles. The topological polar surface area (TPSA) is 35.1 Å². The highest BCUT2D eigenvalue weighted by Crippen LogP contribution is 2.22. The second kappa shape index (κ2) is 5.69. The van der Waals surface area contributed by atoms with Crippen molar-refractivity contribution in [1.82, 2.24) is 19.2 Å². The van der Waals surface area contributed by atoms with Gasteiger partial charge in [0.2, 0.25) is 0 Å². The molecule has 0 amide bonds. The van der Waals surface area contributed by atoms with Crippen molar-refractivity contribution < 1.29 is 0 Å². The summed E-state index contributed by atoms with van der Waals surface area (Å²) in [6.07, 6.45) is 7.92. The van der Waals surface area contributed by atoms with Gasteiger partial charge in [-0.2, -0.15) is 5.10 Å². The van der Waals surface area contributed by atoms with E-state index in [1.807, 2.05) is 65.7 Å². The number of pyridine rings is 1. The zero-order valence-electron chi connectivity index (χ0n) is 11.8. The Morgan fingerprint density at radius 1 is 0.955 bits per heavy atom. The van der Waals surface area contributed by atoms with E-state index in [0.29, 0.717) is 0 Å². The molecule has 4 rings (SSSR count). The van der Waals surface area contributed by atoms with E-state index in [4.69, 9.17) is 0 Å². The van der Waals surface area contributed by atoms with Gasteiger partial charge in [0, 0.05) is 23.7 Å². The minimum atomic E-state index is 0.848. The van der Waals surface area contributed by atoms with Gasteiger partial charge in [0.25, 0.3) is 0 Å². The first-order chi connectivity index (χ1) is 10.9. The van der Waals surface area contributed by atoms with E-state index in [-0.39, 0.29) is 0 Å². The summed E-state index contributed by atoms with van der Waals surface area (Å²) in [5.74, 6) is 0.848. The number of hydrogen-bond acceptors (Lipinski definition) is 3. The maximum Gasteiger partial charge on any atom is 0.172 e. The first-order valence-electron chi connectivity index (χ1n) is 7.04. The van der Waals surface area contributed by atoms with Crippen LogP contribution < -0.4 is 0 Å². The molecule has 5 heteroatoms. The molecule has 3 heterocycles. The molecule has 22 heavy (non-hydrogen) atoms. The van der Waals surface area contributed by atoms with E-state index in [1.54, 1.807) is 11.8 Å². The molecule has 0 saturated carbocycles. The highest BCUT2D eigenvalue weighted by molar-refractivity contribution is 7.98. The predicted molar refractivity (Wildman–Crippen MR) is 88.3 cm³/mol. The Morgan fingerprint density at radius 3 is 2.73 bits per heavy atom. The van der Waals surface area contributed by atoms with Crippen molar-refractivity contribution >= 4 is 17.3 Å². The Labute approximate surface area is 132 Å². The van der Waals surface area contributed by atoms with Gasteiger partial charge in [0.05, 0.1) is 23.6 Å². The lowest BCUT2D eigenvalue weighted by Gasteiger charge is -2.00. The average molecular weight is 306 g/mol. The van der Waals surface area contributed by atoms with E-state index in [1.165, 1.54) is 5.56 Å². The Morgan fingerprint density at radius 2 is 1.82 bits per heavy atom. The molecule has 108 valence electrons. The maximum absolute atomic E-state index is 4.47. The van der Waals surface area contributed by atoms with Crippen molar-refractivity contribution in [1.29, 1.82) is 0 Å². The van der Waals surface area contributed by atoms with Gasteiger partial charge < -0.3 is 0 Å². The van der Waals surface area contributed by atoms with Gasteiger partial charge in [-0.15, -0.1) is 0 Å². The molecule has 0 radical (unpaired) electrons. The minimum absolute atomic E-state index is 0.848. The van der Waals surface area contributed by atoms with Gasteiger partial charge >= 0.3 is 0 Å². The molecule has 0 N–H and O–H groups in total. The van der Waals surface area contributed by atoms with Crippen LogP contribution in [0, 0.1) is 0 Å². The summed E-state index contributed by atoms with van der Waals surface area (Å²) in [6, 6.07) is 16.2. The number of fused-ring (bicyclic) bond motifs is 1. The molecule has 0 aliphatic rings. The Balaban J connectivity index is 1.52. The zero-order valence-corrected chi connectivity index (χ0v) is 12.6. The number of imidazole rings is 1. The van der Waals surface area contributed by atoms with Crippen molar-refractivity contribution in [3.63, 3.8) is 0 Å². The minimum Gasteiger partial charge on any atom is -0.295 e. The number of thioether (sulfide) groups is 1. The smallest absolute Gasteiger partial charge is 0.172 e. The van der Waals surface area contributed by atoms with Crippen LogP contribution in [0.2, 0.25) is 0 Å². The van der Waals surface area contributed by atoms with Crippen molar-refractivity contribution in [2.75, 3.05) is 0 Å². The highest BCUT2D eigenvalue weighted by atomic mass is 32.2. The van der Waals surface area contributed by atoms with Crippen LogP contribution >= 0.6 is 11.8 Å². The fourth-order valence-electron chi connectivity index (χ4n) is 2.33. The standard InChI is InChI=1S/C17H14N4S/c1-2-6-15(7-3-1)21-12-14(10-19-21)13-22-17-18-11-16-8-4-5-9-20(16)17/h1-12H,13H2. The highest BCUT2D eigenvalue weighted by Gasteiger charge is 2.06. The van der Waals surface area contributed by atoms with E-state index in [9.17, 15) is 0 Å². The van der Waals surface area contributed by atoms with Gasteiger partial charge in [-0.1, -0.05) is 36.0 Å². The molecular weight excluding hydrogens is 292 g/mol. The SMILES string of the molecule is c1ccc(-n2cc(CSc3ncc4ccccn34)cn2)cc1. The number of aromatic nitrogens is 4. The molecule has 0 spiro atoms. The molecule has 4 nitrogen and oxygen atoms in total. The van der Waals surface area contributed by atoms with Crippen LogP contribution in [0.25, 0.3) is 11.2 Å². The van der Waals surface area contributed by atoms with E-state index >= 15 is 0 Å². The van der Waals surface area contributed by atoms with Crippen LogP contribution in [0.5, 0.6) is 0 Å². The summed E-state index contributed by atoms with van der Waals surface area (Å²) in [6.45, 7) is 0. The van der Waals surface area contributed by atoms with Crippen LogP contribution in [-0.2, 0) is 5.75 Å². The zero-order chi connectivity index (χ0) is 14.8. The summed E-state index contributed by atoms with van der Waals surface area (Å²) in [7, 11) is 0. The van der Waals surface area contributed by atoms with Crippen molar-refractivity contribution in [3.8, 4) is 5.69 Å². The largest absolute Gasteiger partial charge is 0.295 e. The lowest BCUT2D eigenvalue weighted by Crippen LogP contribution is -1.92. The number of hydrogen-bond donors (Lipinski definition) is 0. The Kier molecular flexibility index (Phi) is 3.40. The molecule has 3 aromatic heterocycles. The van der Waals surface area contributed by atoms with Crippen molar-refractivity contribution in [3.05, 3.63) is 78.9 Å². The van der Waals surface area contributed by atoms with Gasteiger partial charge in [-0.3, -0.25) is 4.40 Å². The normalized spacial score (nSPS) is 11.1. The lowest BCUT2D eigenvalue weighted by atomic mass is 10.3. The quantitative estimate of drug-likeness (QED) is 0.538. The molecule has 1 aromatic carbocycles. The third kappa shape index (κ3) is 2.51. The van der Waals surface area contributed by atoms with Crippen LogP contribution in [-0.4, -0.2) is 19.2 Å². The number of benzene rings is 1. The first kappa shape index (κ1) is 13.2. The molecule has 0 fully saturated rings. The molecule has 4 aromatic rings. The predicted octanol–water partition coefficient (Wildman–Crippen LogP) is 3.81. The third-order valence-electron chi connectivity index (χ3n) is 3.43.